The van der Waals surface area contributed by atoms with Gasteiger partial charge >= 0.3 is 0 Å². The number of nitrogens with zero attached hydrogens (tertiary/aromatic N) is 2. The number of hydrogen-bond donors (Lipinski definition) is 0. The summed E-state index contributed by atoms with van der Waals surface area (Å²) in [5.74, 6) is 0.935. The summed E-state index contributed by atoms with van der Waals surface area (Å²) in [4.78, 5) is 5.01. The molecule has 0 saturated carbocycles. The summed E-state index contributed by atoms with van der Waals surface area (Å²) in [5.41, 5.74) is 1.33. The topological polar surface area (TPSA) is 15.7 Å². The molecule has 2 aliphatic rings. The number of methoxy groups -OCH3 is 1. The molecule has 0 radical (unpaired) electrons. The van der Waals surface area contributed by atoms with Gasteiger partial charge in [0.1, 0.15) is 5.75 Å². The van der Waals surface area contributed by atoms with Gasteiger partial charge in [0.15, 0.2) is 0 Å². The van der Waals surface area contributed by atoms with Crippen LogP contribution in [0.4, 0.5) is 5.69 Å². The van der Waals surface area contributed by atoms with Crippen molar-refractivity contribution in [1.29, 1.82) is 0 Å². The molecule has 2 aliphatic heterocycles. The van der Waals surface area contributed by atoms with E-state index in [1.54, 1.807) is 7.11 Å². The molecule has 3 rings (SSSR count). The average Bonchev–Trinajstić information content (AvgIpc) is 2.88. The molecule has 3 nitrogen and oxygen atoms in total. The van der Waals surface area contributed by atoms with Crippen LogP contribution in [0.3, 0.4) is 0 Å². The third-order valence-electron chi connectivity index (χ3n) is 3.92. The molecule has 2 saturated heterocycles. The molecule has 1 aromatic carbocycles. The first-order valence-corrected chi connectivity index (χ1v) is 5.89. The first kappa shape index (κ1) is 9.97. The number of piperazine rings is 1. The van der Waals surface area contributed by atoms with Crippen molar-refractivity contribution in [1.82, 2.24) is 4.90 Å². The van der Waals surface area contributed by atoms with Crippen LogP contribution in [0, 0.1) is 0 Å². The number of fused-ring (bicyclic) bond motifs is 2. The van der Waals surface area contributed by atoms with Crippen molar-refractivity contribution in [3.63, 3.8) is 0 Å². The van der Waals surface area contributed by atoms with E-state index in [0.29, 0.717) is 6.04 Å². The SMILES string of the molecule is COc1ccc(N2CC3CC2CN3C)cc1. The first-order chi connectivity index (χ1) is 7.78. The van der Waals surface area contributed by atoms with E-state index in [4.69, 9.17) is 4.74 Å². The Morgan fingerprint density at radius 2 is 1.88 bits per heavy atom. The third kappa shape index (κ3) is 1.47. The van der Waals surface area contributed by atoms with Gasteiger partial charge in [0.25, 0.3) is 0 Å². The predicted octanol–water partition coefficient (Wildman–Crippen LogP) is 1.59. The van der Waals surface area contributed by atoms with E-state index in [0.717, 1.165) is 11.8 Å². The maximum Gasteiger partial charge on any atom is 0.119 e. The lowest BCUT2D eigenvalue weighted by molar-refractivity contribution is 0.292. The molecule has 2 bridgehead atoms. The monoisotopic (exact) mass is 218 g/mol. The van der Waals surface area contributed by atoms with E-state index in [1.165, 1.54) is 25.2 Å². The molecule has 16 heavy (non-hydrogen) atoms. The molecule has 0 aliphatic carbocycles. The van der Waals surface area contributed by atoms with Gasteiger partial charge in [-0.1, -0.05) is 0 Å². The Kier molecular flexibility index (Phi) is 2.28. The first-order valence-electron chi connectivity index (χ1n) is 5.89. The van der Waals surface area contributed by atoms with Gasteiger partial charge in [0, 0.05) is 30.9 Å². The Labute approximate surface area is 96.6 Å². The molecular weight excluding hydrogens is 200 g/mol. The molecule has 0 N–H and O–H groups in total. The lowest BCUT2D eigenvalue weighted by Gasteiger charge is -2.33. The smallest absolute Gasteiger partial charge is 0.119 e. The Balaban J connectivity index is 1.79. The maximum absolute atomic E-state index is 5.18. The second-order valence-electron chi connectivity index (χ2n) is 4.83. The van der Waals surface area contributed by atoms with E-state index in [2.05, 4.69) is 29.0 Å². The normalized spacial score (nSPS) is 28.8. The minimum absolute atomic E-state index is 0.711. The zero-order valence-corrected chi connectivity index (χ0v) is 9.89. The van der Waals surface area contributed by atoms with Gasteiger partial charge in [-0.05, 0) is 37.7 Å². The van der Waals surface area contributed by atoms with Gasteiger partial charge in [0.2, 0.25) is 0 Å². The highest BCUT2D eigenvalue weighted by molar-refractivity contribution is 5.52. The quantitative estimate of drug-likeness (QED) is 0.749. The summed E-state index contributed by atoms with van der Waals surface area (Å²) in [6.45, 7) is 2.38. The van der Waals surface area contributed by atoms with Crippen LogP contribution < -0.4 is 9.64 Å². The standard InChI is InChI=1S/C13H18N2O/c1-14-8-12-7-11(14)9-15(12)10-3-5-13(16-2)6-4-10/h3-6,11-12H,7-9H2,1-2H3. The van der Waals surface area contributed by atoms with Crippen molar-refractivity contribution in [2.75, 3.05) is 32.1 Å². The van der Waals surface area contributed by atoms with Crippen molar-refractivity contribution in [3.05, 3.63) is 24.3 Å². The molecule has 86 valence electrons. The summed E-state index contributed by atoms with van der Waals surface area (Å²) in [6.07, 6.45) is 1.32. The molecule has 2 fully saturated rings. The molecule has 3 heteroatoms. The molecule has 0 amide bonds. The molecule has 1 aromatic rings. The number of hydrogen-bond acceptors (Lipinski definition) is 3. The lowest BCUT2D eigenvalue weighted by Crippen LogP contribution is -2.44. The summed E-state index contributed by atoms with van der Waals surface area (Å²) in [6, 6.07) is 9.89. The van der Waals surface area contributed by atoms with Crippen molar-refractivity contribution < 1.29 is 4.74 Å². The minimum Gasteiger partial charge on any atom is -0.497 e. The maximum atomic E-state index is 5.18. The van der Waals surface area contributed by atoms with Gasteiger partial charge in [0.05, 0.1) is 7.11 Å². The molecular formula is C13H18N2O. The molecule has 0 aromatic heterocycles. The molecule has 0 spiro atoms. The zero-order valence-electron chi connectivity index (χ0n) is 9.89. The van der Waals surface area contributed by atoms with E-state index < -0.39 is 0 Å². The van der Waals surface area contributed by atoms with Crippen LogP contribution in [0.1, 0.15) is 6.42 Å². The van der Waals surface area contributed by atoms with Crippen LogP contribution in [-0.2, 0) is 0 Å². The lowest BCUT2D eigenvalue weighted by atomic mass is 10.2. The molecule has 2 unspecified atom stereocenters. The average molecular weight is 218 g/mol. The summed E-state index contributed by atoms with van der Waals surface area (Å²) < 4.78 is 5.18. The van der Waals surface area contributed by atoms with Crippen LogP contribution in [0.2, 0.25) is 0 Å². The molecule has 2 heterocycles. The van der Waals surface area contributed by atoms with Crippen molar-refractivity contribution in [2.45, 2.75) is 18.5 Å². The number of rotatable bonds is 2. The predicted molar refractivity (Wildman–Crippen MR) is 65.2 cm³/mol. The highest BCUT2D eigenvalue weighted by Crippen LogP contribution is 2.34. The zero-order chi connectivity index (χ0) is 11.1. The number of benzene rings is 1. The minimum atomic E-state index is 0.711. The number of likely N-dealkylation sites (tertiary alicyclic amines) is 1. The fourth-order valence-corrected chi connectivity index (χ4v) is 2.96. The number of likely N-dealkylation sites (N-methyl/N-ethyl adjacent to an activating group) is 1. The van der Waals surface area contributed by atoms with Crippen molar-refractivity contribution in [3.8, 4) is 5.75 Å². The van der Waals surface area contributed by atoms with Crippen LogP contribution >= 0.6 is 0 Å². The van der Waals surface area contributed by atoms with Gasteiger partial charge < -0.3 is 9.64 Å². The number of ether oxygens (including phenoxy) is 1. The summed E-state index contributed by atoms with van der Waals surface area (Å²) >= 11 is 0. The van der Waals surface area contributed by atoms with E-state index in [1.807, 2.05) is 12.1 Å². The Morgan fingerprint density at radius 1 is 1.12 bits per heavy atom. The molecule has 2 atom stereocenters. The summed E-state index contributed by atoms with van der Waals surface area (Å²) in [5, 5.41) is 0. The van der Waals surface area contributed by atoms with Crippen LogP contribution in [-0.4, -0.2) is 44.2 Å². The fourth-order valence-electron chi connectivity index (χ4n) is 2.96. The Morgan fingerprint density at radius 3 is 2.38 bits per heavy atom. The van der Waals surface area contributed by atoms with E-state index in [9.17, 15) is 0 Å². The van der Waals surface area contributed by atoms with Crippen molar-refractivity contribution >= 4 is 5.69 Å². The van der Waals surface area contributed by atoms with Gasteiger partial charge in [-0.3, -0.25) is 4.90 Å². The van der Waals surface area contributed by atoms with Crippen LogP contribution in [0.15, 0.2) is 24.3 Å². The van der Waals surface area contributed by atoms with Gasteiger partial charge in [-0.2, -0.15) is 0 Å². The number of anilines is 1. The van der Waals surface area contributed by atoms with E-state index >= 15 is 0 Å². The second kappa shape index (κ2) is 3.67. The van der Waals surface area contributed by atoms with Crippen molar-refractivity contribution in [2.24, 2.45) is 0 Å². The van der Waals surface area contributed by atoms with Crippen LogP contribution in [0.25, 0.3) is 0 Å². The second-order valence-corrected chi connectivity index (χ2v) is 4.83. The summed E-state index contributed by atoms with van der Waals surface area (Å²) in [7, 11) is 3.94. The van der Waals surface area contributed by atoms with Gasteiger partial charge in [-0.15, -0.1) is 0 Å². The highest BCUT2D eigenvalue weighted by Gasteiger charge is 2.41. The van der Waals surface area contributed by atoms with Crippen LogP contribution in [0.5, 0.6) is 5.75 Å². The van der Waals surface area contributed by atoms with Gasteiger partial charge in [-0.25, -0.2) is 0 Å². The fraction of sp³-hybridized carbons (Fsp3) is 0.538. The third-order valence-corrected chi connectivity index (χ3v) is 3.92. The largest absolute Gasteiger partial charge is 0.497 e. The Hall–Kier alpha value is -1.22. The van der Waals surface area contributed by atoms with E-state index in [-0.39, 0.29) is 0 Å². The Bertz CT molecular complexity index is 374. The highest BCUT2D eigenvalue weighted by atomic mass is 16.5.